The van der Waals surface area contributed by atoms with E-state index < -0.39 is 0 Å². The van der Waals surface area contributed by atoms with Gasteiger partial charge in [-0.3, -0.25) is 4.79 Å². The topological polar surface area (TPSA) is 75.8 Å². The lowest BCUT2D eigenvalue weighted by Crippen LogP contribution is -2.62. The number of nitrogens with zero attached hydrogens (tertiary/aromatic N) is 1. The number of amides is 1. The van der Waals surface area contributed by atoms with E-state index in [4.69, 9.17) is 10.5 Å². The Bertz CT molecular complexity index is 551. The molecule has 1 heterocycles. The van der Waals surface area contributed by atoms with E-state index in [9.17, 15) is 9.90 Å². The maximum Gasteiger partial charge on any atom is 0.255 e. The number of nitrogen functional groups attached to an aromatic ring is 1. The number of rotatable bonds is 3. The van der Waals surface area contributed by atoms with Gasteiger partial charge in [0.2, 0.25) is 0 Å². The standard InChI is InChI=1S/C17H24N2O3/c1-2-22-15-11-14(20)17(15)7-9-19(10-8-17)16(21)12-5-3-4-6-13(12)18/h3-6,14-15,20H,2,7-11,18H2,1H3. The van der Waals surface area contributed by atoms with E-state index >= 15 is 0 Å². The van der Waals surface area contributed by atoms with Gasteiger partial charge in [-0.15, -0.1) is 0 Å². The predicted octanol–water partition coefficient (Wildman–Crippen LogP) is 1.66. The second kappa shape index (κ2) is 5.89. The quantitative estimate of drug-likeness (QED) is 0.833. The first kappa shape index (κ1) is 15.3. The Hall–Kier alpha value is -1.59. The average Bonchev–Trinajstić information content (AvgIpc) is 2.55. The number of anilines is 1. The summed E-state index contributed by atoms with van der Waals surface area (Å²) in [5, 5.41) is 10.2. The Balaban J connectivity index is 1.67. The largest absolute Gasteiger partial charge is 0.398 e. The fourth-order valence-electron chi connectivity index (χ4n) is 3.80. The Labute approximate surface area is 131 Å². The van der Waals surface area contributed by atoms with Gasteiger partial charge < -0.3 is 20.5 Å². The fraction of sp³-hybridized carbons (Fsp3) is 0.588. The highest BCUT2D eigenvalue weighted by molar-refractivity contribution is 5.99. The lowest BCUT2D eigenvalue weighted by atomic mass is 9.58. The highest BCUT2D eigenvalue weighted by Gasteiger charge is 2.56. The van der Waals surface area contributed by atoms with Gasteiger partial charge in [-0.05, 0) is 31.9 Å². The first-order chi connectivity index (χ1) is 10.6. The molecule has 0 radical (unpaired) electrons. The van der Waals surface area contributed by atoms with Crippen LogP contribution in [0.2, 0.25) is 0 Å². The molecule has 2 aliphatic rings. The van der Waals surface area contributed by atoms with Crippen LogP contribution in [-0.4, -0.2) is 47.8 Å². The molecule has 1 aliphatic heterocycles. The summed E-state index contributed by atoms with van der Waals surface area (Å²) in [6.07, 6.45) is 2.12. The van der Waals surface area contributed by atoms with Crippen LogP contribution in [0.3, 0.4) is 0 Å². The molecule has 1 aromatic carbocycles. The third-order valence-electron chi connectivity index (χ3n) is 5.28. The number of ether oxygens (including phenoxy) is 1. The van der Waals surface area contributed by atoms with E-state index in [1.54, 1.807) is 12.1 Å². The Morgan fingerprint density at radius 2 is 2.09 bits per heavy atom. The normalized spacial score (nSPS) is 26.7. The number of hydrogen-bond donors (Lipinski definition) is 2. The molecule has 1 saturated heterocycles. The smallest absolute Gasteiger partial charge is 0.255 e. The molecule has 3 N–H and O–H groups in total. The number of para-hydroxylation sites is 1. The molecule has 22 heavy (non-hydrogen) atoms. The Morgan fingerprint density at radius 3 is 2.68 bits per heavy atom. The number of nitrogens with two attached hydrogens (primary N) is 1. The van der Waals surface area contributed by atoms with Gasteiger partial charge >= 0.3 is 0 Å². The van der Waals surface area contributed by atoms with Crippen LogP contribution in [0.5, 0.6) is 0 Å². The molecule has 2 unspecified atom stereocenters. The van der Waals surface area contributed by atoms with E-state index in [0.29, 0.717) is 37.4 Å². The summed E-state index contributed by atoms with van der Waals surface area (Å²) in [4.78, 5) is 14.4. The van der Waals surface area contributed by atoms with Crippen LogP contribution in [0.1, 0.15) is 36.5 Å². The van der Waals surface area contributed by atoms with Crippen LogP contribution >= 0.6 is 0 Å². The van der Waals surface area contributed by atoms with Gasteiger partial charge in [0, 0.05) is 37.2 Å². The number of benzene rings is 1. The molecule has 1 aromatic rings. The number of aliphatic hydroxyl groups excluding tert-OH is 1. The fourth-order valence-corrected chi connectivity index (χ4v) is 3.80. The van der Waals surface area contributed by atoms with Crippen LogP contribution in [0, 0.1) is 5.41 Å². The van der Waals surface area contributed by atoms with Gasteiger partial charge in [-0.25, -0.2) is 0 Å². The highest BCUT2D eigenvalue weighted by Crippen LogP contribution is 2.51. The second-order valence-corrected chi connectivity index (χ2v) is 6.31. The Kier molecular flexibility index (Phi) is 4.10. The van der Waals surface area contributed by atoms with Crippen molar-refractivity contribution in [1.82, 2.24) is 4.90 Å². The van der Waals surface area contributed by atoms with Gasteiger partial charge in [0.1, 0.15) is 0 Å². The van der Waals surface area contributed by atoms with E-state index in [0.717, 1.165) is 12.8 Å². The van der Waals surface area contributed by atoms with Crippen molar-refractivity contribution < 1.29 is 14.6 Å². The molecular weight excluding hydrogens is 280 g/mol. The molecule has 1 spiro atoms. The minimum absolute atomic E-state index is 0.0188. The molecule has 1 aliphatic carbocycles. The molecule has 3 rings (SSSR count). The summed E-state index contributed by atoms with van der Waals surface area (Å²) in [6, 6.07) is 7.17. The second-order valence-electron chi connectivity index (χ2n) is 6.31. The SMILES string of the molecule is CCOC1CC(O)C12CCN(C(=O)c1ccccc1N)CC2. The maximum absolute atomic E-state index is 12.6. The van der Waals surface area contributed by atoms with Crippen molar-refractivity contribution in [1.29, 1.82) is 0 Å². The maximum atomic E-state index is 12.6. The van der Waals surface area contributed by atoms with Crippen molar-refractivity contribution in [2.45, 2.75) is 38.4 Å². The molecule has 5 nitrogen and oxygen atoms in total. The summed E-state index contributed by atoms with van der Waals surface area (Å²) in [5.74, 6) is -0.0188. The molecule has 1 amide bonds. The van der Waals surface area contributed by atoms with Crippen molar-refractivity contribution >= 4 is 11.6 Å². The number of piperidine rings is 1. The monoisotopic (exact) mass is 304 g/mol. The van der Waals surface area contributed by atoms with Crippen molar-refractivity contribution in [3.63, 3.8) is 0 Å². The molecule has 0 aromatic heterocycles. The summed E-state index contributed by atoms with van der Waals surface area (Å²) in [5.41, 5.74) is 6.82. The number of carbonyl (C=O) groups is 1. The van der Waals surface area contributed by atoms with Crippen molar-refractivity contribution in [2.24, 2.45) is 5.41 Å². The van der Waals surface area contributed by atoms with Gasteiger partial charge in [0.25, 0.3) is 5.91 Å². The average molecular weight is 304 g/mol. The molecule has 120 valence electrons. The molecule has 1 saturated carbocycles. The minimum Gasteiger partial charge on any atom is -0.398 e. The number of carbonyl (C=O) groups excluding carboxylic acids is 1. The van der Waals surface area contributed by atoms with Crippen molar-refractivity contribution in [3.8, 4) is 0 Å². The first-order valence-electron chi connectivity index (χ1n) is 8.02. The summed E-state index contributed by atoms with van der Waals surface area (Å²) in [7, 11) is 0. The van der Waals surface area contributed by atoms with Crippen molar-refractivity contribution in [3.05, 3.63) is 29.8 Å². The van der Waals surface area contributed by atoms with Crippen LogP contribution in [0.15, 0.2) is 24.3 Å². The third-order valence-corrected chi connectivity index (χ3v) is 5.28. The van der Waals surface area contributed by atoms with Gasteiger partial charge in [0.05, 0.1) is 17.8 Å². The van der Waals surface area contributed by atoms with Crippen molar-refractivity contribution in [2.75, 3.05) is 25.4 Å². The number of hydrogen-bond acceptors (Lipinski definition) is 4. The minimum atomic E-state index is -0.303. The number of aliphatic hydroxyl groups is 1. The van der Waals surface area contributed by atoms with Gasteiger partial charge in [-0.1, -0.05) is 12.1 Å². The van der Waals surface area contributed by atoms with E-state index in [2.05, 4.69) is 0 Å². The van der Waals surface area contributed by atoms with E-state index in [1.165, 1.54) is 0 Å². The van der Waals surface area contributed by atoms with E-state index in [1.807, 2.05) is 24.0 Å². The first-order valence-corrected chi connectivity index (χ1v) is 8.02. The van der Waals surface area contributed by atoms with Crippen LogP contribution in [0.25, 0.3) is 0 Å². The zero-order valence-electron chi connectivity index (χ0n) is 13.0. The van der Waals surface area contributed by atoms with Gasteiger partial charge in [0.15, 0.2) is 0 Å². The van der Waals surface area contributed by atoms with Crippen LogP contribution in [0.4, 0.5) is 5.69 Å². The highest BCUT2D eigenvalue weighted by atomic mass is 16.5. The lowest BCUT2D eigenvalue weighted by molar-refractivity contribution is -0.207. The third kappa shape index (κ3) is 2.38. The van der Waals surface area contributed by atoms with Crippen LogP contribution in [-0.2, 0) is 4.74 Å². The summed E-state index contributed by atoms with van der Waals surface area (Å²) >= 11 is 0. The zero-order valence-corrected chi connectivity index (χ0v) is 13.0. The molecule has 2 atom stereocenters. The zero-order chi connectivity index (χ0) is 15.7. The summed E-state index contributed by atoms with van der Waals surface area (Å²) < 4.78 is 5.76. The molecule has 2 fully saturated rings. The lowest BCUT2D eigenvalue weighted by Gasteiger charge is -2.56. The number of likely N-dealkylation sites (tertiary alicyclic amines) is 1. The van der Waals surface area contributed by atoms with Crippen LogP contribution < -0.4 is 5.73 Å². The molecule has 5 heteroatoms. The molecular formula is C17H24N2O3. The predicted molar refractivity (Wildman–Crippen MR) is 84.5 cm³/mol. The van der Waals surface area contributed by atoms with E-state index in [-0.39, 0.29) is 23.5 Å². The summed E-state index contributed by atoms with van der Waals surface area (Å²) in [6.45, 7) is 3.94. The molecule has 0 bridgehead atoms. The van der Waals surface area contributed by atoms with Gasteiger partial charge in [-0.2, -0.15) is 0 Å². The Morgan fingerprint density at radius 1 is 1.41 bits per heavy atom.